The van der Waals surface area contributed by atoms with Crippen LogP contribution in [0.4, 0.5) is 0 Å². The highest BCUT2D eigenvalue weighted by Crippen LogP contribution is 2.06. The molecule has 0 aliphatic heterocycles. The van der Waals surface area contributed by atoms with Gasteiger partial charge in [0.25, 0.3) is 0 Å². The predicted molar refractivity (Wildman–Crippen MR) is 68.8 cm³/mol. The highest BCUT2D eigenvalue weighted by atomic mass is 79.9. The third-order valence-corrected chi connectivity index (χ3v) is 2.78. The number of hydrogen-bond acceptors (Lipinski definition) is 0. The van der Waals surface area contributed by atoms with Crippen LogP contribution in [0.15, 0.2) is 0 Å². The fourth-order valence-electron chi connectivity index (χ4n) is 1.33. The van der Waals surface area contributed by atoms with Gasteiger partial charge in [0, 0.05) is 18.2 Å². The molecule has 0 heterocycles. The first-order valence-corrected chi connectivity index (χ1v) is 7.05. The molecule has 0 N–H and O–H groups in total. The molecule has 0 nitrogen and oxygen atoms in total. The fourth-order valence-corrected chi connectivity index (χ4v) is 1.61. The Kier molecular flexibility index (Phi) is 13.1. The molecule has 0 atom stereocenters. The monoisotopic (exact) mass is 258 g/mol. The normalized spacial score (nSPS) is 9.57. The van der Waals surface area contributed by atoms with E-state index < -0.39 is 0 Å². The molecule has 0 aromatic carbocycles. The molecule has 0 rings (SSSR count). The molecule has 0 aliphatic carbocycles. The quantitative estimate of drug-likeness (QED) is 0.330. The topological polar surface area (TPSA) is 0 Å². The number of alkyl halides is 1. The smallest absolute Gasteiger partial charge is 0.00966 e. The van der Waals surface area contributed by atoms with E-state index in [1.54, 1.807) is 0 Å². The zero-order valence-electron chi connectivity index (χ0n) is 9.45. The molecule has 0 saturated carbocycles. The third-order valence-electron chi connectivity index (χ3n) is 2.22. The molecular weight excluding hydrogens is 236 g/mol. The summed E-state index contributed by atoms with van der Waals surface area (Å²) < 4.78 is 0. The summed E-state index contributed by atoms with van der Waals surface area (Å²) in [6, 6.07) is 0. The summed E-state index contributed by atoms with van der Waals surface area (Å²) in [6.07, 6.45) is 11.6. The van der Waals surface area contributed by atoms with E-state index in [0.29, 0.717) is 0 Å². The Morgan fingerprint density at radius 3 is 2.00 bits per heavy atom. The summed E-state index contributed by atoms with van der Waals surface area (Å²) in [5, 5.41) is 1.08. The average Bonchev–Trinajstić information content (AvgIpc) is 2.21. The second kappa shape index (κ2) is 13.0. The van der Waals surface area contributed by atoms with E-state index in [-0.39, 0.29) is 0 Å². The van der Waals surface area contributed by atoms with Gasteiger partial charge in [-0.15, -0.1) is 11.8 Å². The van der Waals surface area contributed by atoms with Crippen LogP contribution in [0.25, 0.3) is 0 Å². The van der Waals surface area contributed by atoms with Gasteiger partial charge in [-0.2, -0.15) is 0 Å². The summed E-state index contributed by atoms with van der Waals surface area (Å²) in [6.45, 7) is 2.26. The fraction of sp³-hybridized carbons (Fsp3) is 0.846. The van der Waals surface area contributed by atoms with Crippen molar-refractivity contribution >= 4 is 15.9 Å². The predicted octanol–water partition coefficient (Wildman–Crippen LogP) is 4.92. The van der Waals surface area contributed by atoms with Crippen molar-refractivity contribution in [3.8, 4) is 11.8 Å². The molecule has 82 valence electrons. The summed E-state index contributed by atoms with van der Waals surface area (Å²) in [5.74, 6) is 6.45. The number of unbranched alkanes of at least 4 members (excludes halogenated alkanes) is 7. The molecular formula is C13H23Br. The van der Waals surface area contributed by atoms with Crippen molar-refractivity contribution in [3.05, 3.63) is 0 Å². The number of halogens is 1. The van der Waals surface area contributed by atoms with Gasteiger partial charge in [0.2, 0.25) is 0 Å². The van der Waals surface area contributed by atoms with Gasteiger partial charge in [0.15, 0.2) is 0 Å². The molecule has 0 spiro atoms. The van der Waals surface area contributed by atoms with Gasteiger partial charge in [-0.05, 0) is 12.8 Å². The van der Waals surface area contributed by atoms with Crippen LogP contribution in [-0.2, 0) is 0 Å². The Balaban J connectivity index is 2.99. The van der Waals surface area contributed by atoms with E-state index in [1.165, 1.54) is 44.9 Å². The van der Waals surface area contributed by atoms with Crippen molar-refractivity contribution < 1.29 is 0 Å². The van der Waals surface area contributed by atoms with E-state index >= 15 is 0 Å². The largest absolute Gasteiger partial charge is 0.103 e. The van der Waals surface area contributed by atoms with Crippen molar-refractivity contribution in [2.24, 2.45) is 0 Å². The van der Waals surface area contributed by atoms with Crippen molar-refractivity contribution in [3.63, 3.8) is 0 Å². The standard InChI is InChI=1S/C13H23Br/c1-2-3-4-5-6-7-8-9-10-11-12-13-14/h2-8,11-13H2,1H3. The van der Waals surface area contributed by atoms with Crippen molar-refractivity contribution in [1.29, 1.82) is 0 Å². The van der Waals surface area contributed by atoms with Crippen LogP contribution in [0.2, 0.25) is 0 Å². The Morgan fingerprint density at radius 2 is 1.36 bits per heavy atom. The lowest BCUT2D eigenvalue weighted by atomic mass is 10.1. The van der Waals surface area contributed by atoms with E-state index in [4.69, 9.17) is 0 Å². The lowest BCUT2D eigenvalue weighted by molar-refractivity contribution is 0.614. The van der Waals surface area contributed by atoms with Crippen LogP contribution < -0.4 is 0 Å². The van der Waals surface area contributed by atoms with Gasteiger partial charge in [0.05, 0.1) is 0 Å². The Bertz CT molecular complexity index is 152. The highest BCUT2D eigenvalue weighted by molar-refractivity contribution is 9.09. The van der Waals surface area contributed by atoms with E-state index in [2.05, 4.69) is 34.7 Å². The van der Waals surface area contributed by atoms with Crippen LogP contribution in [0.1, 0.15) is 64.7 Å². The summed E-state index contributed by atoms with van der Waals surface area (Å²) >= 11 is 3.40. The maximum absolute atomic E-state index is 3.40. The molecule has 0 bridgehead atoms. The SMILES string of the molecule is CCCCCCCCC#CCCCBr. The Morgan fingerprint density at radius 1 is 0.786 bits per heavy atom. The lowest BCUT2D eigenvalue weighted by Gasteiger charge is -1.96. The zero-order chi connectivity index (χ0) is 10.5. The average molecular weight is 259 g/mol. The first-order valence-electron chi connectivity index (χ1n) is 5.93. The number of rotatable bonds is 8. The van der Waals surface area contributed by atoms with Crippen LogP contribution in [0, 0.1) is 11.8 Å². The first-order chi connectivity index (χ1) is 6.91. The second-order valence-corrected chi connectivity index (χ2v) is 4.46. The van der Waals surface area contributed by atoms with Gasteiger partial charge in [-0.1, -0.05) is 55.0 Å². The molecule has 0 aromatic rings. The van der Waals surface area contributed by atoms with Crippen LogP contribution >= 0.6 is 15.9 Å². The number of hydrogen-bond donors (Lipinski definition) is 0. The molecule has 0 unspecified atom stereocenters. The minimum absolute atomic E-state index is 1.06. The Hall–Kier alpha value is 0.0400. The maximum atomic E-state index is 3.40. The molecule has 0 amide bonds. The minimum Gasteiger partial charge on any atom is -0.103 e. The molecule has 0 aliphatic rings. The highest BCUT2D eigenvalue weighted by Gasteiger charge is 1.87. The van der Waals surface area contributed by atoms with E-state index in [0.717, 1.165) is 18.2 Å². The van der Waals surface area contributed by atoms with Crippen LogP contribution in [0.5, 0.6) is 0 Å². The van der Waals surface area contributed by atoms with Crippen molar-refractivity contribution in [2.75, 3.05) is 5.33 Å². The lowest BCUT2D eigenvalue weighted by Crippen LogP contribution is -1.78. The molecule has 0 fully saturated rings. The van der Waals surface area contributed by atoms with Gasteiger partial charge < -0.3 is 0 Å². The molecule has 0 saturated heterocycles. The molecule has 1 heteroatoms. The maximum Gasteiger partial charge on any atom is 0.00966 e. The Labute approximate surface area is 98.0 Å². The van der Waals surface area contributed by atoms with E-state index in [1.807, 2.05) is 0 Å². The van der Waals surface area contributed by atoms with Crippen molar-refractivity contribution in [2.45, 2.75) is 64.7 Å². The molecule has 0 aromatic heterocycles. The van der Waals surface area contributed by atoms with Crippen LogP contribution in [-0.4, -0.2) is 5.33 Å². The first kappa shape index (κ1) is 14.0. The third kappa shape index (κ3) is 12.0. The zero-order valence-corrected chi connectivity index (χ0v) is 11.0. The van der Waals surface area contributed by atoms with Gasteiger partial charge in [-0.25, -0.2) is 0 Å². The summed E-state index contributed by atoms with van der Waals surface area (Å²) in [7, 11) is 0. The van der Waals surface area contributed by atoms with Gasteiger partial charge >= 0.3 is 0 Å². The minimum atomic E-state index is 1.06. The van der Waals surface area contributed by atoms with Gasteiger partial charge in [-0.3, -0.25) is 0 Å². The summed E-state index contributed by atoms with van der Waals surface area (Å²) in [5.41, 5.74) is 0. The second-order valence-electron chi connectivity index (χ2n) is 3.66. The van der Waals surface area contributed by atoms with E-state index in [9.17, 15) is 0 Å². The summed E-state index contributed by atoms with van der Waals surface area (Å²) in [4.78, 5) is 0. The van der Waals surface area contributed by atoms with Gasteiger partial charge in [0.1, 0.15) is 0 Å². The van der Waals surface area contributed by atoms with Crippen molar-refractivity contribution in [1.82, 2.24) is 0 Å². The molecule has 0 radical (unpaired) electrons. The molecule has 14 heavy (non-hydrogen) atoms. The van der Waals surface area contributed by atoms with Crippen LogP contribution in [0.3, 0.4) is 0 Å².